The highest BCUT2D eigenvalue weighted by Gasteiger charge is 2.40. The van der Waals surface area contributed by atoms with Crippen molar-refractivity contribution in [1.29, 1.82) is 0 Å². The van der Waals surface area contributed by atoms with Crippen LogP contribution in [-0.4, -0.2) is 41.7 Å². The molecule has 98 valence electrons. The lowest BCUT2D eigenvalue weighted by atomic mass is 9.98. The topological polar surface area (TPSA) is 75.8 Å². The molecular formula is C13H18N2O3. The molecule has 3 N–H and O–H groups in total. The van der Waals surface area contributed by atoms with Gasteiger partial charge in [0.15, 0.2) is 0 Å². The number of benzene rings is 1. The lowest BCUT2D eigenvalue weighted by molar-refractivity contribution is -0.136. The molecule has 1 heterocycles. The van der Waals surface area contributed by atoms with E-state index in [1.54, 1.807) is 36.2 Å². The molecule has 1 aliphatic heterocycles. The van der Waals surface area contributed by atoms with Crippen LogP contribution in [0.4, 0.5) is 0 Å². The van der Waals surface area contributed by atoms with Gasteiger partial charge < -0.3 is 20.5 Å². The van der Waals surface area contributed by atoms with Crippen LogP contribution >= 0.6 is 0 Å². The van der Waals surface area contributed by atoms with Crippen molar-refractivity contribution in [2.45, 2.75) is 18.5 Å². The molecule has 1 amide bonds. The van der Waals surface area contributed by atoms with Crippen molar-refractivity contribution < 1.29 is 14.6 Å². The Balaban J connectivity index is 2.01. The third-order valence-electron chi connectivity index (χ3n) is 3.18. The fraction of sp³-hybridized carbons (Fsp3) is 0.462. The van der Waals surface area contributed by atoms with E-state index in [-0.39, 0.29) is 18.3 Å². The number of phenolic OH excluding ortho intramolecular Hbond substituents is 1. The number of nitrogens with two attached hydrogens (primary N) is 1. The van der Waals surface area contributed by atoms with E-state index in [0.717, 1.165) is 5.56 Å². The van der Waals surface area contributed by atoms with Gasteiger partial charge in [-0.05, 0) is 24.1 Å². The molecular weight excluding hydrogens is 232 g/mol. The van der Waals surface area contributed by atoms with Crippen LogP contribution in [-0.2, 0) is 16.1 Å². The van der Waals surface area contributed by atoms with E-state index in [2.05, 4.69) is 0 Å². The number of hydrogen-bond acceptors (Lipinski definition) is 4. The highest BCUT2D eigenvalue weighted by molar-refractivity contribution is 5.86. The smallest absolute Gasteiger partial charge is 0.245 e. The first kappa shape index (κ1) is 12.9. The lowest BCUT2D eigenvalue weighted by Gasteiger charge is -2.27. The molecule has 0 radical (unpaired) electrons. The van der Waals surface area contributed by atoms with Crippen LogP contribution in [0, 0.1) is 0 Å². The molecule has 0 bridgehead atoms. The molecule has 0 aliphatic carbocycles. The van der Waals surface area contributed by atoms with E-state index >= 15 is 0 Å². The van der Waals surface area contributed by atoms with Crippen molar-refractivity contribution in [2.75, 3.05) is 20.3 Å². The maximum absolute atomic E-state index is 12.2. The highest BCUT2D eigenvalue weighted by Crippen LogP contribution is 2.19. The largest absolute Gasteiger partial charge is 0.508 e. The monoisotopic (exact) mass is 250 g/mol. The summed E-state index contributed by atoms with van der Waals surface area (Å²) >= 11 is 0. The number of ether oxygens (including phenoxy) is 1. The quantitative estimate of drug-likeness (QED) is 0.817. The molecule has 1 aromatic rings. The molecule has 1 aliphatic rings. The predicted molar refractivity (Wildman–Crippen MR) is 66.9 cm³/mol. The zero-order valence-corrected chi connectivity index (χ0v) is 10.4. The fourth-order valence-corrected chi connectivity index (χ4v) is 2.08. The summed E-state index contributed by atoms with van der Waals surface area (Å²) in [5.41, 5.74) is 6.09. The number of rotatable bonds is 3. The van der Waals surface area contributed by atoms with Crippen LogP contribution in [0.2, 0.25) is 0 Å². The summed E-state index contributed by atoms with van der Waals surface area (Å²) in [7, 11) is 1.72. The Morgan fingerprint density at radius 2 is 2.17 bits per heavy atom. The van der Waals surface area contributed by atoms with Crippen LogP contribution in [0.1, 0.15) is 12.0 Å². The molecule has 5 nitrogen and oxygen atoms in total. The third kappa shape index (κ3) is 2.63. The maximum Gasteiger partial charge on any atom is 0.245 e. The van der Waals surface area contributed by atoms with Crippen molar-refractivity contribution in [3.63, 3.8) is 0 Å². The van der Waals surface area contributed by atoms with Crippen molar-refractivity contribution in [3.05, 3.63) is 29.8 Å². The number of carbonyl (C=O) groups excluding carboxylic acids is 1. The van der Waals surface area contributed by atoms with E-state index in [0.29, 0.717) is 19.6 Å². The number of phenols is 1. The zero-order valence-electron chi connectivity index (χ0n) is 10.4. The van der Waals surface area contributed by atoms with Crippen LogP contribution < -0.4 is 5.73 Å². The Labute approximate surface area is 106 Å². The first-order chi connectivity index (χ1) is 8.51. The zero-order chi connectivity index (χ0) is 13.2. The first-order valence-electron chi connectivity index (χ1n) is 5.91. The Hall–Kier alpha value is -1.59. The maximum atomic E-state index is 12.2. The summed E-state index contributed by atoms with van der Waals surface area (Å²) in [6.07, 6.45) is 0.561. The van der Waals surface area contributed by atoms with Crippen molar-refractivity contribution in [3.8, 4) is 5.75 Å². The minimum atomic E-state index is -0.883. The van der Waals surface area contributed by atoms with E-state index in [4.69, 9.17) is 10.5 Å². The second-order valence-electron chi connectivity index (χ2n) is 4.79. The minimum Gasteiger partial charge on any atom is -0.508 e. The predicted octanol–water partition coefficient (Wildman–Crippen LogP) is 0.468. The standard InChI is InChI=1S/C13H18N2O3/c1-15(8-10-2-4-11(16)5-3-10)12(17)13(14)6-7-18-9-13/h2-5,16H,6-9,14H2,1H3. The van der Waals surface area contributed by atoms with Crippen molar-refractivity contribution in [1.82, 2.24) is 4.90 Å². The van der Waals surface area contributed by atoms with Gasteiger partial charge in [0.25, 0.3) is 0 Å². The Morgan fingerprint density at radius 1 is 1.50 bits per heavy atom. The van der Waals surface area contributed by atoms with Gasteiger partial charge in [-0.25, -0.2) is 0 Å². The van der Waals surface area contributed by atoms with E-state index in [9.17, 15) is 9.90 Å². The van der Waals surface area contributed by atoms with E-state index in [1.807, 2.05) is 0 Å². The number of nitrogens with zero attached hydrogens (tertiary/aromatic N) is 1. The van der Waals surface area contributed by atoms with Crippen molar-refractivity contribution in [2.24, 2.45) is 5.73 Å². The summed E-state index contributed by atoms with van der Waals surface area (Å²) in [6, 6.07) is 6.77. The summed E-state index contributed by atoms with van der Waals surface area (Å²) in [5, 5.41) is 9.20. The molecule has 0 spiro atoms. The lowest BCUT2D eigenvalue weighted by Crippen LogP contribution is -2.54. The van der Waals surface area contributed by atoms with Crippen LogP contribution in [0.3, 0.4) is 0 Å². The fourth-order valence-electron chi connectivity index (χ4n) is 2.08. The molecule has 0 saturated carbocycles. The van der Waals surface area contributed by atoms with Crippen molar-refractivity contribution >= 4 is 5.91 Å². The Kier molecular flexibility index (Phi) is 3.54. The summed E-state index contributed by atoms with van der Waals surface area (Å²) in [6.45, 7) is 1.29. The normalized spacial score (nSPS) is 23.0. The van der Waals surface area contributed by atoms with Gasteiger partial charge in [-0.3, -0.25) is 4.79 Å². The second-order valence-corrected chi connectivity index (χ2v) is 4.79. The summed E-state index contributed by atoms with van der Waals surface area (Å²) in [4.78, 5) is 13.8. The van der Waals surface area contributed by atoms with Gasteiger partial charge in [-0.15, -0.1) is 0 Å². The summed E-state index contributed by atoms with van der Waals surface area (Å²) < 4.78 is 5.19. The van der Waals surface area contributed by atoms with Crippen LogP contribution in [0.15, 0.2) is 24.3 Å². The number of amides is 1. The molecule has 1 aromatic carbocycles. The van der Waals surface area contributed by atoms with Gasteiger partial charge in [0.1, 0.15) is 11.3 Å². The molecule has 0 aromatic heterocycles. The minimum absolute atomic E-state index is 0.104. The highest BCUT2D eigenvalue weighted by atomic mass is 16.5. The Bertz CT molecular complexity index is 424. The molecule has 1 atom stereocenters. The van der Waals surface area contributed by atoms with E-state index < -0.39 is 5.54 Å². The SMILES string of the molecule is CN(Cc1ccc(O)cc1)C(=O)C1(N)CCOC1. The van der Waals surface area contributed by atoms with E-state index in [1.165, 1.54) is 0 Å². The van der Waals surface area contributed by atoms with Gasteiger partial charge >= 0.3 is 0 Å². The molecule has 1 saturated heterocycles. The average Bonchev–Trinajstić information content (AvgIpc) is 2.79. The molecule has 18 heavy (non-hydrogen) atoms. The number of aromatic hydroxyl groups is 1. The van der Waals surface area contributed by atoms with Crippen LogP contribution in [0.25, 0.3) is 0 Å². The third-order valence-corrected chi connectivity index (χ3v) is 3.18. The number of carbonyl (C=O) groups is 1. The van der Waals surface area contributed by atoms with Gasteiger partial charge in [-0.2, -0.15) is 0 Å². The molecule has 5 heteroatoms. The average molecular weight is 250 g/mol. The Morgan fingerprint density at radius 3 is 2.72 bits per heavy atom. The summed E-state index contributed by atoms with van der Waals surface area (Å²) in [5.74, 6) is 0.111. The number of hydrogen-bond donors (Lipinski definition) is 2. The second kappa shape index (κ2) is 4.96. The van der Waals surface area contributed by atoms with Crippen LogP contribution in [0.5, 0.6) is 5.75 Å². The van der Waals surface area contributed by atoms with Gasteiger partial charge in [0, 0.05) is 20.2 Å². The molecule has 1 unspecified atom stereocenters. The van der Waals surface area contributed by atoms with Gasteiger partial charge in [-0.1, -0.05) is 12.1 Å². The van der Waals surface area contributed by atoms with Gasteiger partial charge in [0.2, 0.25) is 5.91 Å². The molecule has 2 rings (SSSR count). The molecule has 1 fully saturated rings. The first-order valence-corrected chi connectivity index (χ1v) is 5.91. The van der Waals surface area contributed by atoms with Gasteiger partial charge in [0.05, 0.1) is 6.61 Å². The number of likely N-dealkylation sites (N-methyl/N-ethyl adjacent to an activating group) is 1.